The SMILES string of the molecule is CCOC(=O)C1CC1(F)c1cc2nc(C(=O)N3CCc4ccccc4[C@H]3C)cc(C3CC3)n2n1. The van der Waals surface area contributed by atoms with Crippen molar-refractivity contribution in [2.24, 2.45) is 5.92 Å². The van der Waals surface area contributed by atoms with E-state index in [2.05, 4.69) is 22.2 Å². The van der Waals surface area contributed by atoms with E-state index in [1.54, 1.807) is 17.5 Å². The third-order valence-corrected chi connectivity index (χ3v) is 7.42. The molecule has 2 unspecified atom stereocenters. The van der Waals surface area contributed by atoms with Crippen LogP contribution in [0.15, 0.2) is 36.4 Å². The number of esters is 1. The van der Waals surface area contributed by atoms with Crippen molar-refractivity contribution in [1.82, 2.24) is 19.5 Å². The molecule has 0 saturated heterocycles. The molecule has 2 aliphatic carbocycles. The summed E-state index contributed by atoms with van der Waals surface area (Å²) in [6, 6.07) is 11.6. The number of amides is 1. The minimum Gasteiger partial charge on any atom is -0.466 e. The summed E-state index contributed by atoms with van der Waals surface area (Å²) in [7, 11) is 0. The van der Waals surface area contributed by atoms with Crippen LogP contribution < -0.4 is 0 Å². The Hall–Kier alpha value is -3.29. The maximum absolute atomic E-state index is 15.5. The second-order valence-electron chi connectivity index (χ2n) is 9.63. The number of carbonyl (C=O) groups is 2. The number of benzene rings is 1. The Morgan fingerprint density at radius 2 is 2.03 bits per heavy atom. The van der Waals surface area contributed by atoms with Gasteiger partial charge in [0.15, 0.2) is 11.3 Å². The van der Waals surface area contributed by atoms with Gasteiger partial charge in [0.1, 0.15) is 17.3 Å². The van der Waals surface area contributed by atoms with Gasteiger partial charge >= 0.3 is 5.97 Å². The number of alkyl halides is 1. The van der Waals surface area contributed by atoms with E-state index in [1.165, 1.54) is 5.56 Å². The van der Waals surface area contributed by atoms with Gasteiger partial charge < -0.3 is 9.64 Å². The largest absolute Gasteiger partial charge is 0.466 e. The Morgan fingerprint density at radius 1 is 1.24 bits per heavy atom. The van der Waals surface area contributed by atoms with Gasteiger partial charge in [-0.15, -0.1) is 0 Å². The van der Waals surface area contributed by atoms with E-state index in [1.807, 2.05) is 30.0 Å². The molecule has 176 valence electrons. The lowest BCUT2D eigenvalue weighted by atomic mass is 9.93. The van der Waals surface area contributed by atoms with Crippen LogP contribution in [0.3, 0.4) is 0 Å². The zero-order chi connectivity index (χ0) is 23.6. The average molecular weight is 463 g/mol. The zero-order valence-electron chi connectivity index (χ0n) is 19.3. The lowest BCUT2D eigenvalue weighted by Gasteiger charge is -2.35. The average Bonchev–Trinajstić information content (AvgIpc) is 3.75. The van der Waals surface area contributed by atoms with Crippen LogP contribution in [-0.4, -0.2) is 44.5 Å². The number of nitrogens with zero attached hydrogens (tertiary/aromatic N) is 4. The van der Waals surface area contributed by atoms with Gasteiger partial charge in [-0.05, 0) is 50.3 Å². The van der Waals surface area contributed by atoms with E-state index in [9.17, 15) is 9.59 Å². The van der Waals surface area contributed by atoms with Gasteiger partial charge in [-0.3, -0.25) is 9.59 Å². The minimum atomic E-state index is -1.84. The normalized spacial score (nSPS) is 25.8. The molecule has 3 aromatic rings. The number of fused-ring (bicyclic) bond motifs is 2. The van der Waals surface area contributed by atoms with Crippen molar-refractivity contribution < 1.29 is 18.7 Å². The number of ether oxygens (including phenoxy) is 1. The van der Waals surface area contributed by atoms with Gasteiger partial charge in [0.05, 0.1) is 12.6 Å². The quantitative estimate of drug-likeness (QED) is 0.534. The van der Waals surface area contributed by atoms with Crippen LogP contribution in [0.1, 0.15) is 78.1 Å². The molecule has 1 aromatic carbocycles. The van der Waals surface area contributed by atoms with Gasteiger partial charge in [-0.2, -0.15) is 5.10 Å². The number of hydrogen-bond acceptors (Lipinski definition) is 5. The lowest BCUT2D eigenvalue weighted by molar-refractivity contribution is -0.145. The predicted molar refractivity (Wildman–Crippen MR) is 122 cm³/mol. The van der Waals surface area contributed by atoms with Crippen LogP contribution in [0.2, 0.25) is 0 Å². The summed E-state index contributed by atoms with van der Waals surface area (Å²) >= 11 is 0. The third kappa shape index (κ3) is 3.30. The van der Waals surface area contributed by atoms with Gasteiger partial charge in [0, 0.05) is 30.6 Å². The van der Waals surface area contributed by atoms with Crippen molar-refractivity contribution >= 4 is 17.5 Å². The number of carbonyl (C=O) groups excluding carboxylic acids is 2. The molecule has 1 amide bonds. The highest BCUT2D eigenvalue weighted by atomic mass is 19.1. The van der Waals surface area contributed by atoms with E-state index in [-0.39, 0.29) is 36.6 Å². The molecule has 6 rings (SSSR count). The Kier molecular flexibility index (Phi) is 4.76. The number of halogens is 1. The molecule has 34 heavy (non-hydrogen) atoms. The number of aromatic nitrogens is 3. The standard InChI is InChI=1S/C26H27FN4O3/c1-3-34-25(33)19-14-26(19,27)22-13-23-28-20(12-21(17-8-9-17)31(23)29-22)24(32)30-11-10-16-6-4-5-7-18(16)15(30)2/h4-7,12-13,15,17,19H,3,8-11,14H2,1-2H3/t15-,19?,26?/m1/s1. The highest BCUT2D eigenvalue weighted by Gasteiger charge is 2.63. The van der Waals surface area contributed by atoms with Gasteiger partial charge in [-0.1, -0.05) is 24.3 Å². The summed E-state index contributed by atoms with van der Waals surface area (Å²) < 4.78 is 22.2. The minimum absolute atomic E-state index is 0.0498. The van der Waals surface area contributed by atoms with Crippen molar-refractivity contribution in [2.45, 2.75) is 57.2 Å². The molecule has 8 heteroatoms. The first-order valence-corrected chi connectivity index (χ1v) is 12.1. The summed E-state index contributed by atoms with van der Waals surface area (Å²) in [5.41, 5.74) is 2.46. The smallest absolute Gasteiger partial charge is 0.312 e. The fourth-order valence-corrected chi connectivity index (χ4v) is 5.21. The Balaban J connectivity index is 1.35. The molecule has 0 N–H and O–H groups in total. The molecule has 2 fully saturated rings. The molecule has 2 saturated carbocycles. The molecule has 0 bridgehead atoms. The highest BCUT2D eigenvalue weighted by molar-refractivity contribution is 5.93. The zero-order valence-corrected chi connectivity index (χ0v) is 19.3. The second kappa shape index (κ2) is 7.61. The van der Waals surface area contributed by atoms with Gasteiger partial charge in [-0.25, -0.2) is 13.9 Å². The highest BCUT2D eigenvalue weighted by Crippen LogP contribution is 2.56. The van der Waals surface area contributed by atoms with E-state index in [4.69, 9.17) is 4.74 Å². The molecule has 3 atom stereocenters. The fraction of sp³-hybridized carbons (Fsp3) is 0.462. The third-order valence-electron chi connectivity index (χ3n) is 7.42. The number of rotatable bonds is 5. The van der Waals surface area contributed by atoms with E-state index < -0.39 is 17.6 Å². The van der Waals surface area contributed by atoms with Crippen molar-refractivity contribution in [3.05, 3.63) is 64.6 Å². The van der Waals surface area contributed by atoms with E-state index in [0.29, 0.717) is 17.9 Å². The van der Waals surface area contributed by atoms with Crippen LogP contribution in [0.25, 0.3) is 5.65 Å². The van der Waals surface area contributed by atoms with Crippen LogP contribution in [0, 0.1) is 5.92 Å². The lowest BCUT2D eigenvalue weighted by Crippen LogP contribution is -2.39. The molecular weight excluding hydrogens is 435 g/mol. The second-order valence-corrected chi connectivity index (χ2v) is 9.63. The van der Waals surface area contributed by atoms with Crippen molar-refractivity contribution in [3.8, 4) is 0 Å². The molecule has 2 aromatic heterocycles. The molecule has 3 heterocycles. The summed E-state index contributed by atoms with van der Waals surface area (Å²) in [4.78, 5) is 32.1. The molecule has 7 nitrogen and oxygen atoms in total. The van der Waals surface area contributed by atoms with Crippen LogP contribution in [0.4, 0.5) is 4.39 Å². The Labute approximate surface area is 196 Å². The molecule has 1 aliphatic heterocycles. The maximum Gasteiger partial charge on any atom is 0.312 e. The molecule has 3 aliphatic rings. The van der Waals surface area contributed by atoms with Crippen LogP contribution in [0.5, 0.6) is 0 Å². The predicted octanol–water partition coefficient (Wildman–Crippen LogP) is 4.11. The Bertz CT molecular complexity index is 1320. The van der Waals surface area contributed by atoms with Crippen molar-refractivity contribution in [2.75, 3.05) is 13.2 Å². The fourth-order valence-electron chi connectivity index (χ4n) is 5.21. The first-order chi connectivity index (χ1) is 16.4. The summed E-state index contributed by atoms with van der Waals surface area (Å²) in [5, 5.41) is 4.50. The molecular formula is C26H27FN4O3. The summed E-state index contributed by atoms with van der Waals surface area (Å²) in [5.74, 6) is -1.22. The van der Waals surface area contributed by atoms with Crippen molar-refractivity contribution in [1.29, 1.82) is 0 Å². The van der Waals surface area contributed by atoms with Gasteiger partial charge in [0.2, 0.25) is 0 Å². The molecule has 0 spiro atoms. The summed E-state index contributed by atoms with van der Waals surface area (Å²) in [6.07, 6.45) is 2.87. The van der Waals surface area contributed by atoms with Crippen LogP contribution >= 0.6 is 0 Å². The van der Waals surface area contributed by atoms with E-state index >= 15 is 4.39 Å². The first-order valence-electron chi connectivity index (χ1n) is 12.1. The van der Waals surface area contributed by atoms with E-state index in [0.717, 1.165) is 30.5 Å². The summed E-state index contributed by atoms with van der Waals surface area (Å²) in [6.45, 7) is 4.59. The number of hydrogen-bond donors (Lipinski definition) is 0. The van der Waals surface area contributed by atoms with Crippen LogP contribution in [-0.2, 0) is 21.6 Å². The maximum atomic E-state index is 15.5. The molecule has 0 radical (unpaired) electrons. The first kappa shape index (κ1) is 21.3. The Morgan fingerprint density at radius 3 is 2.79 bits per heavy atom. The monoisotopic (exact) mass is 462 g/mol. The topological polar surface area (TPSA) is 76.8 Å². The van der Waals surface area contributed by atoms with Gasteiger partial charge in [0.25, 0.3) is 5.91 Å². The van der Waals surface area contributed by atoms with Crippen molar-refractivity contribution in [3.63, 3.8) is 0 Å².